The number of rotatable bonds is 4. The van der Waals surface area contributed by atoms with Crippen molar-refractivity contribution in [1.29, 1.82) is 0 Å². The van der Waals surface area contributed by atoms with E-state index in [1.807, 2.05) is 12.1 Å². The number of H-pyrrole nitrogens is 1. The van der Waals surface area contributed by atoms with Gasteiger partial charge in [0.25, 0.3) is 0 Å². The summed E-state index contributed by atoms with van der Waals surface area (Å²) in [6, 6.07) is 3.53. The van der Waals surface area contributed by atoms with Crippen LogP contribution in [0.2, 0.25) is 0 Å². The van der Waals surface area contributed by atoms with Gasteiger partial charge in [0.05, 0.1) is 6.04 Å². The first-order valence-electron chi connectivity index (χ1n) is 6.21. The van der Waals surface area contributed by atoms with E-state index in [9.17, 15) is 13.2 Å². The van der Waals surface area contributed by atoms with E-state index in [1.165, 1.54) is 0 Å². The second-order valence-electron chi connectivity index (χ2n) is 4.58. The summed E-state index contributed by atoms with van der Waals surface area (Å²) in [7, 11) is 0. The summed E-state index contributed by atoms with van der Waals surface area (Å²) in [5.41, 5.74) is 0.876. The first kappa shape index (κ1) is 13.4. The molecule has 1 aliphatic rings. The van der Waals surface area contributed by atoms with E-state index in [0.717, 1.165) is 31.9 Å². The third-order valence-corrected chi connectivity index (χ3v) is 3.27. The molecule has 1 atom stereocenters. The summed E-state index contributed by atoms with van der Waals surface area (Å²) < 4.78 is 37.2. The van der Waals surface area contributed by atoms with Gasteiger partial charge in [0.2, 0.25) is 0 Å². The smallest absolute Gasteiger partial charge is 0.364 e. The van der Waals surface area contributed by atoms with Gasteiger partial charge in [-0.05, 0) is 18.6 Å². The molecule has 0 saturated carbocycles. The van der Waals surface area contributed by atoms with Crippen molar-refractivity contribution in [1.82, 2.24) is 15.2 Å². The first-order valence-corrected chi connectivity index (χ1v) is 6.21. The standard InChI is InChI=1S/C12H18F3N3/c13-12(14,15)4-3-11(10-2-1-5-17-10)18-8-6-16-7-9-18/h1-2,5,11,16-17H,3-4,6-9H2/t11-/m0/s1. The summed E-state index contributed by atoms with van der Waals surface area (Å²) in [5.74, 6) is 0. The number of piperazine rings is 1. The molecule has 0 radical (unpaired) electrons. The molecule has 3 nitrogen and oxygen atoms in total. The predicted octanol–water partition coefficient (Wildman–Crippen LogP) is 2.30. The highest BCUT2D eigenvalue weighted by Gasteiger charge is 2.31. The fourth-order valence-electron chi connectivity index (χ4n) is 2.38. The maximum Gasteiger partial charge on any atom is 0.389 e. The van der Waals surface area contributed by atoms with E-state index in [-0.39, 0.29) is 12.5 Å². The second-order valence-corrected chi connectivity index (χ2v) is 4.58. The second kappa shape index (κ2) is 5.75. The predicted molar refractivity (Wildman–Crippen MR) is 63.3 cm³/mol. The van der Waals surface area contributed by atoms with Crippen molar-refractivity contribution in [2.24, 2.45) is 0 Å². The van der Waals surface area contributed by atoms with Crippen LogP contribution in [0.5, 0.6) is 0 Å². The van der Waals surface area contributed by atoms with E-state index >= 15 is 0 Å². The Morgan fingerprint density at radius 3 is 2.56 bits per heavy atom. The molecule has 18 heavy (non-hydrogen) atoms. The molecule has 0 aromatic carbocycles. The lowest BCUT2D eigenvalue weighted by atomic mass is 10.1. The Labute approximate surface area is 104 Å². The molecular weight excluding hydrogens is 243 g/mol. The Hall–Kier alpha value is -1.01. The largest absolute Gasteiger partial charge is 0.389 e. The lowest BCUT2D eigenvalue weighted by molar-refractivity contribution is -0.138. The number of halogens is 3. The van der Waals surface area contributed by atoms with E-state index in [2.05, 4.69) is 15.2 Å². The fraction of sp³-hybridized carbons (Fsp3) is 0.667. The summed E-state index contributed by atoms with van der Waals surface area (Å²) in [5, 5.41) is 3.21. The van der Waals surface area contributed by atoms with Crippen LogP contribution in [0.15, 0.2) is 18.3 Å². The Bertz CT molecular complexity index is 342. The molecule has 1 aliphatic heterocycles. The number of nitrogens with one attached hydrogen (secondary N) is 2. The van der Waals surface area contributed by atoms with Gasteiger partial charge in [-0.2, -0.15) is 13.2 Å². The van der Waals surface area contributed by atoms with Crippen molar-refractivity contribution >= 4 is 0 Å². The van der Waals surface area contributed by atoms with Crippen LogP contribution in [-0.2, 0) is 0 Å². The van der Waals surface area contributed by atoms with Crippen molar-refractivity contribution in [3.63, 3.8) is 0 Å². The molecule has 0 unspecified atom stereocenters. The van der Waals surface area contributed by atoms with Crippen LogP contribution in [0.25, 0.3) is 0 Å². The van der Waals surface area contributed by atoms with Crippen LogP contribution < -0.4 is 5.32 Å². The lowest BCUT2D eigenvalue weighted by Gasteiger charge is -2.34. The number of aromatic nitrogens is 1. The molecule has 1 fully saturated rings. The Morgan fingerprint density at radius 2 is 2.00 bits per heavy atom. The van der Waals surface area contributed by atoms with Gasteiger partial charge in [0, 0.05) is 44.5 Å². The van der Waals surface area contributed by atoms with Crippen molar-refractivity contribution in [2.45, 2.75) is 25.1 Å². The topological polar surface area (TPSA) is 31.1 Å². The molecule has 2 heterocycles. The highest BCUT2D eigenvalue weighted by Crippen LogP contribution is 2.30. The van der Waals surface area contributed by atoms with Gasteiger partial charge in [-0.1, -0.05) is 0 Å². The number of alkyl halides is 3. The van der Waals surface area contributed by atoms with Crippen molar-refractivity contribution in [3.8, 4) is 0 Å². The zero-order chi connectivity index (χ0) is 13.0. The van der Waals surface area contributed by atoms with Gasteiger partial charge < -0.3 is 10.3 Å². The van der Waals surface area contributed by atoms with Gasteiger partial charge in [-0.3, -0.25) is 4.90 Å². The highest BCUT2D eigenvalue weighted by molar-refractivity contribution is 5.10. The molecule has 102 valence electrons. The molecule has 1 aromatic heterocycles. The maximum absolute atomic E-state index is 12.4. The van der Waals surface area contributed by atoms with E-state index < -0.39 is 12.6 Å². The normalized spacial score (nSPS) is 19.9. The molecular formula is C12H18F3N3. The van der Waals surface area contributed by atoms with Crippen LogP contribution >= 0.6 is 0 Å². The van der Waals surface area contributed by atoms with Gasteiger partial charge in [-0.15, -0.1) is 0 Å². The van der Waals surface area contributed by atoms with Gasteiger partial charge in [0.15, 0.2) is 0 Å². The average molecular weight is 261 g/mol. The van der Waals surface area contributed by atoms with E-state index in [1.54, 1.807) is 6.20 Å². The Morgan fingerprint density at radius 1 is 1.28 bits per heavy atom. The van der Waals surface area contributed by atoms with Crippen LogP contribution in [0, 0.1) is 0 Å². The van der Waals surface area contributed by atoms with Gasteiger partial charge >= 0.3 is 6.18 Å². The van der Waals surface area contributed by atoms with Gasteiger partial charge in [-0.25, -0.2) is 0 Å². The third kappa shape index (κ3) is 3.74. The zero-order valence-electron chi connectivity index (χ0n) is 10.1. The van der Waals surface area contributed by atoms with Crippen molar-refractivity contribution in [3.05, 3.63) is 24.0 Å². The lowest BCUT2D eigenvalue weighted by Crippen LogP contribution is -2.45. The molecule has 6 heteroatoms. The summed E-state index contributed by atoms with van der Waals surface area (Å²) >= 11 is 0. The monoisotopic (exact) mass is 261 g/mol. The van der Waals surface area contributed by atoms with Crippen LogP contribution in [0.3, 0.4) is 0 Å². The molecule has 0 spiro atoms. The third-order valence-electron chi connectivity index (χ3n) is 3.27. The van der Waals surface area contributed by atoms with Crippen LogP contribution in [-0.4, -0.2) is 42.2 Å². The number of hydrogen-bond acceptors (Lipinski definition) is 2. The van der Waals surface area contributed by atoms with Crippen LogP contribution in [0.1, 0.15) is 24.6 Å². The fourth-order valence-corrected chi connectivity index (χ4v) is 2.38. The van der Waals surface area contributed by atoms with Crippen LogP contribution in [0.4, 0.5) is 13.2 Å². The Kier molecular flexibility index (Phi) is 4.29. The molecule has 0 amide bonds. The van der Waals surface area contributed by atoms with Crippen molar-refractivity contribution < 1.29 is 13.2 Å². The van der Waals surface area contributed by atoms with E-state index in [4.69, 9.17) is 0 Å². The average Bonchev–Trinajstić information content (AvgIpc) is 2.83. The zero-order valence-corrected chi connectivity index (χ0v) is 10.1. The highest BCUT2D eigenvalue weighted by atomic mass is 19.4. The minimum absolute atomic E-state index is 0.115. The molecule has 0 aliphatic carbocycles. The summed E-state index contributed by atoms with van der Waals surface area (Å²) in [6.45, 7) is 3.26. The molecule has 2 rings (SSSR count). The minimum Gasteiger partial charge on any atom is -0.364 e. The molecule has 1 saturated heterocycles. The quantitative estimate of drug-likeness (QED) is 0.871. The molecule has 1 aromatic rings. The van der Waals surface area contributed by atoms with E-state index in [0.29, 0.717) is 0 Å². The SMILES string of the molecule is FC(F)(F)CC[C@@H](c1ccc[nH]1)N1CCNCC1. The minimum atomic E-state index is -4.08. The molecule has 2 N–H and O–H groups in total. The maximum atomic E-state index is 12.4. The summed E-state index contributed by atoms with van der Waals surface area (Å²) in [4.78, 5) is 5.16. The van der Waals surface area contributed by atoms with Gasteiger partial charge in [0.1, 0.15) is 0 Å². The number of nitrogens with zero attached hydrogens (tertiary/aromatic N) is 1. The number of hydrogen-bond donors (Lipinski definition) is 2. The molecule has 0 bridgehead atoms. The first-order chi connectivity index (χ1) is 8.56. The Balaban J connectivity index is 2.03. The number of aromatic amines is 1. The van der Waals surface area contributed by atoms with Crippen molar-refractivity contribution in [2.75, 3.05) is 26.2 Å². The summed E-state index contributed by atoms with van der Waals surface area (Å²) in [6.07, 6.45) is -2.94.